The zero-order chi connectivity index (χ0) is 9.97. The van der Waals surface area contributed by atoms with Crippen molar-refractivity contribution in [3.63, 3.8) is 0 Å². The molecule has 14 heavy (non-hydrogen) atoms. The number of thioether (sulfide) groups is 1. The van der Waals surface area contributed by atoms with E-state index < -0.39 is 0 Å². The van der Waals surface area contributed by atoms with Gasteiger partial charge in [-0.1, -0.05) is 17.7 Å². The van der Waals surface area contributed by atoms with Crippen molar-refractivity contribution in [2.24, 2.45) is 0 Å². The highest BCUT2D eigenvalue weighted by atomic mass is 32.2. The van der Waals surface area contributed by atoms with E-state index in [0.717, 1.165) is 11.3 Å². The van der Waals surface area contributed by atoms with Gasteiger partial charge >= 0.3 is 5.97 Å². The summed E-state index contributed by atoms with van der Waals surface area (Å²) in [6.45, 7) is 2.63. The van der Waals surface area contributed by atoms with Gasteiger partial charge in [0, 0.05) is 11.3 Å². The maximum Gasteiger partial charge on any atom is 0.319 e. The van der Waals surface area contributed by atoms with E-state index in [1.165, 1.54) is 5.56 Å². The van der Waals surface area contributed by atoms with Crippen LogP contribution in [0.1, 0.15) is 12.0 Å². The molecule has 1 aromatic carbocycles. The van der Waals surface area contributed by atoms with Crippen molar-refractivity contribution in [3.05, 3.63) is 29.8 Å². The molecule has 2 nitrogen and oxygen atoms in total. The summed E-state index contributed by atoms with van der Waals surface area (Å²) < 4.78 is 4.90. The summed E-state index contributed by atoms with van der Waals surface area (Å²) in [6, 6.07) is 8.21. The molecule has 0 saturated carbocycles. The molecule has 1 fully saturated rings. The van der Waals surface area contributed by atoms with Crippen LogP contribution in [-0.2, 0) is 9.53 Å². The molecule has 1 heterocycles. The van der Waals surface area contributed by atoms with E-state index in [4.69, 9.17) is 4.74 Å². The molecule has 1 aromatic rings. The Labute approximate surface area is 87.6 Å². The lowest BCUT2D eigenvalue weighted by Crippen LogP contribution is -2.08. The molecule has 2 rings (SSSR count). The predicted octanol–water partition coefficient (Wildman–Crippen LogP) is 2.40. The van der Waals surface area contributed by atoms with Crippen molar-refractivity contribution in [2.75, 3.05) is 6.61 Å². The summed E-state index contributed by atoms with van der Waals surface area (Å²) in [6.07, 6.45) is 0.831. The Morgan fingerprint density at radius 1 is 1.36 bits per heavy atom. The van der Waals surface area contributed by atoms with Gasteiger partial charge in [0.05, 0.1) is 6.61 Å². The largest absolute Gasteiger partial charge is 0.465 e. The van der Waals surface area contributed by atoms with Gasteiger partial charge in [-0.25, -0.2) is 0 Å². The standard InChI is InChI=1S/C11H12O2S/c1-8-2-4-9(5-3-8)14-10-6-7-13-11(10)12/h2-5,10H,6-7H2,1H3. The lowest BCUT2D eigenvalue weighted by atomic mass is 10.2. The first-order chi connectivity index (χ1) is 6.75. The molecule has 74 valence electrons. The normalized spacial score (nSPS) is 20.9. The number of hydrogen-bond donors (Lipinski definition) is 0. The van der Waals surface area contributed by atoms with Gasteiger partial charge in [-0.05, 0) is 19.1 Å². The van der Waals surface area contributed by atoms with Gasteiger partial charge in [0.1, 0.15) is 5.25 Å². The smallest absolute Gasteiger partial charge is 0.319 e. The molecule has 0 amide bonds. The zero-order valence-corrected chi connectivity index (χ0v) is 8.84. The summed E-state index contributed by atoms with van der Waals surface area (Å²) in [7, 11) is 0. The van der Waals surface area contributed by atoms with E-state index in [-0.39, 0.29) is 11.2 Å². The molecule has 1 saturated heterocycles. The Hall–Kier alpha value is -0.960. The van der Waals surface area contributed by atoms with Crippen LogP contribution in [0.4, 0.5) is 0 Å². The highest BCUT2D eigenvalue weighted by Crippen LogP contribution is 2.29. The number of carbonyl (C=O) groups is 1. The van der Waals surface area contributed by atoms with Gasteiger partial charge in [-0.3, -0.25) is 4.79 Å². The number of carbonyl (C=O) groups excluding carboxylic acids is 1. The third-order valence-electron chi connectivity index (χ3n) is 2.19. The van der Waals surface area contributed by atoms with E-state index in [2.05, 4.69) is 19.1 Å². The van der Waals surface area contributed by atoms with Gasteiger partial charge in [0.15, 0.2) is 0 Å². The molecule has 0 aromatic heterocycles. The second kappa shape index (κ2) is 4.05. The fourth-order valence-corrected chi connectivity index (χ4v) is 2.37. The Balaban J connectivity index is 2.03. The maximum atomic E-state index is 11.2. The summed E-state index contributed by atoms with van der Waals surface area (Å²) in [4.78, 5) is 12.3. The lowest BCUT2D eigenvalue weighted by Gasteiger charge is -2.05. The van der Waals surface area contributed by atoms with Crippen LogP contribution in [-0.4, -0.2) is 17.8 Å². The third-order valence-corrected chi connectivity index (χ3v) is 3.44. The molecule has 1 aliphatic rings. The summed E-state index contributed by atoms with van der Waals surface area (Å²) >= 11 is 1.59. The number of ether oxygens (including phenoxy) is 1. The fourth-order valence-electron chi connectivity index (χ4n) is 1.37. The number of aryl methyl sites for hydroxylation is 1. The van der Waals surface area contributed by atoms with E-state index in [0.29, 0.717) is 6.61 Å². The second-order valence-corrected chi connectivity index (χ2v) is 4.65. The van der Waals surface area contributed by atoms with Crippen LogP contribution in [0, 0.1) is 6.92 Å². The minimum absolute atomic E-state index is 0.00212. The number of hydrogen-bond acceptors (Lipinski definition) is 3. The second-order valence-electron chi connectivity index (χ2n) is 3.38. The number of benzene rings is 1. The fraction of sp³-hybridized carbons (Fsp3) is 0.364. The Morgan fingerprint density at radius 3 is 2.64 bits per heavy atom. The average molecular weight is 208 g/mol. The molecule has 0 bridgehead atoms. The summed E-state index contributed by atoms with van der Waals surface area (Å²) in [5.74, 6) is -0.0735. The molecule has 1 aliphatic heterocycles. The van der Waals surface area contributed by atoms with E-state index in [9.17, 15) is 4.79 Å². The first-order valence-electron chi connectivity index (χ1n) is 4.66. The Morgan fingerprint density at radius 2 is 2.07 bits per heavy atom. The zero-order valence-electron chi connectivity index (χ0n) is 8.03. The van der Waals surface area contributed by atoms with Gasteiger partial charge in [0.2, 0.25) is 0 Å². The highest BCUT2D eigenvalue weighted by molar-refractivity contribution is 8.00. The van der Waals surface area contributed by atoms with Crippen LogP contribution in [0.15, 0.2) is 29.2 Å². The minimum Gasteiger partial charge on any atom is -0.465 e. The SMILES string of the molecule is Cc1ccc(SC2CCOC2=O)cc1. The summed E-state index contributed by atoms with van der Waals surface area (Å²) in [5, 5.41) is -0.00212. The van der Waals surface area contributed by atoms with Crippen molar-refractivity contribution in [1.82, 2.24) is 0 Å². The number of esters is 1. The van der Waals surface area contributed by atoms with Crippen molar-refractivity contribution in [1.29, 1.82) is 0 Å². The molecular weight excluding hydrogens is 196 g/mol. The van der Waals surface area contributed by atoms with E-state index in [1.54, 1.807) is 11.8 Å². The quantitative estimate of drug-likeness (QED) is 0.698. The molecule has 3 heteroatoms. The van der Waals surface area contributed by atoms with E-state index >= 15 is 0 Å². The average Bonchev–Trinajstić information content (AvgIpc) is 2.56. The maximum absolute atomic E-state index is 11.2. The van der Waals surface area contributed by atoms with Gasteiger partial charge in [-0.2, -0.15) is 0 Å². The van der Waals surface area contributed by atoms with Crippen LogP contribution in [0.3, 0.4) is 0 Å². The minimum atomic E-state index is -0.0735. The molecule has 0 spiro atoms. The molecule has 1 unspecified atom stereocenters. The third kappa shape index (κ3) is 2.10. The number of rotatable bonds is 2. The van der Waals surface area contributed by atoms with Crippen LogP contribution in [0.25, 0.3) is 0 Å². The van der Waals surface area contributed by atoms with E-state index in [1.807, 2.05) is 12.1 Å². The predicted molar refractivity (Wildman–Crippen MR) is 56.4 cm³/mol. The number of cyclic esters (lactones) is 1. The molecular formula is C11H12O2S. The molecule has 0 N–H and O–H groups in total. The van der Waals surface area contributed by atoms with Crippen LogP contribution < -0.4 is 0 Å². The molecule has 0 aliphatic carbocycles. The van der Waals surface area contributed by atoms with Crippen molar-refractivity contribution < 1.29 is 9.53 Å². The van der Waals surface area contributed by atoms with Crippen molar-refractivity contribution >= 4 is 17.7 Å². The topological polar surface area (TPSA) is 26.3 Å². The van der Waals surface area contributed by atoms with Crippen LogP contribution in [0.5, 0.6) is 0 Å². The van der Waals surface area contributed by atoms with Gasteiger partial charge in [0.25, 0.3) is 0 Å². The van der Waals surface area contributed by atoms with Crippen molar-refractivity contribution in [3.8, 4) is 0 Å². The van der Waals surface area contributed by atoms with Crippen LogP contribution in [0.2, 0.25) is 0 Å². The van der Waals surface area contributed by atoms with Gasteiger partial charge < -0.3 is 4.74 Å². The van der Waals surface area contributed by atoms with Gasteiger partial charge in [-0.15, -0.1) is 11.8 Å². The molecule has 1 atom stereocenters. The van der Waals surface area contributed by atoms with Crippen LogP contribution >= 0.6 is 11.8 Å². The highest BCUT2D eigenvalue weighted by Gasteiger charge is 2.27. The Kier molecular flexibility index (Phi) is 2.77. The lowest BCUT2D eigenvalue weighted by molar-refractivity contribution is -0.137. The first kappa shape index (κ1) is 9.59. The summed E-state index contributed by atoms with van der Waals surface area (Å²) in [5.41, 5.74) is 1.24. The first-order valence-corrected chi connectivity index (χ1v) is 5.53. The molecule has 0 radical (unpaired) electrons. The Bertz CT molecular complexity index is 332. The van der Waals surface area contributed by atoms with Crippen molar-refractivity contribution in [2.45, 2.75) is 23.5 Å². The monoisotopic (exact) mass is 208 g/mol.